The monoisotopic (exact) mass is 402 g/mol. The number of nitrogens with one attached hydrogen (secondary N) is 1. The zero-order valence-corrected chi connectivity index (χ0v) is 16.4. The lowest BCUT2D eigenvalue weighted by Gasteiger charge is -2.17. The van der Waals surface area contributed by atoms with Crippen LogP contribution in [-0.4, -0.2) is 29.0 Å². The first-order valence-electron chi connectivity index (χ1n) is 8.71. The molecule has 0 atom stereocenters. The number of hydrogen-bond acceptors (Lipinski definition) is 6. The zero-order chi connectivity index (χ0) is 21.1. The Kier molecular flexibility index (Phi) is 5.76. The maximum absolute atomic E-state index is 13.6. The van der Waals surface area contributed by atoms with Gasteiger partial charge >= 0.3 is 0 Å². The summed E-state index contributed by atoms with van der Waals surface area (Å²) in [5, 5.41) is 7.26. The second-order valence-corrected chi connectivity index (χ2v) is 6.41. The van der Waals surface area contributed by atoms with E-state index in [0.29, 0.717) is 22.7 Å². The molecule has 0 radical (unpaired) electrons. The number of ether oxygens (including phenoxy) is 2. The van der Waals surface area contributed by atoms with Gasteiger partial charge in [0.25, 0.3) is 5.56 Å². The Bertz CT molecular complexity index is 1100. The third-order valence-electron chi connectivity index (χ3n) is 4.26. The summed E-state index contributed by atoms with van der Waals surface area (Å²) in [6.07, 6.45) is 0. The van der Waals surface area contributed by atoms with Crippen LogP contribution in [-0.2, 0) is 6.54 Å². The fraction of sp³-hybridized carbons (Fsp3) is 0.250. The van der Waals surface area contributed by atoms with Crippen LogP contribution in [0, 0.1) is 25.5 Å². The molecule has 0 unspecified atom stereocenters. The molecular weight excluding hydrogens is 382 g/mol. The molecule has 3 rings (SSSR count). The molecule has 0 spiro atoms. The summed E-state index contributed by atoms with van der Waals surface area (Å²) in [7, 11) is 3.04. The Morgan fingerprint density at radius 1 is 1.00 bits per heavy atom. The van der Waals surface area contributed by atoms with Gasteiger partial charge in [-0.15, -0.1) is 0 Å². The second-order valence-electron chi connectivity index (χ2n) is 6.41. The summed E-state index contributed by atoms with van der Waals surface area (Å²) in [6.45, 7) is 3.37. The van der Waals surface area contributed by atoms with E-state index in [9.17, 15) is 13.6 Å². The molecule has 9 heteroatoms. The lowest BCUT2D eigenvalue weighted by atomic mass is 10.1. The van der Waals surface area contributed by atoms with Crippen LogP contribution < -0.4 is 20.3 Å². The molecule has 0 aliphatic heterocycles. The van der Waals surface area contributed by atoms with Crippen LogP contribution in [0.15, 0.2) is 35.1 Å². The van der Waals surface area contributed by atoms with Crippen molar-refractivity contribution in [1.82, 2.24) is 14.8 Å². The highest BCUT2D eigenvalue weighted by atomic mass is 19.1. The standard InChI is InChI=1S/C20H20F2N4O3/c1-11-5-17(28-3)18(29-4)9-16(11)23-20-24-19(27)12(2)25-26(20)10-13-6-14(21)8-15(22)7-13/h5-9H,10H2,1-4H3,(H,23,24,27). The number of rotatable bonds is 6. The first-order valence-corrected chi connectivity index (χ1v) is 8.71. The highest BCUT2D eigenvalue weighted by molar-refractivity contribution is 5.64. The van der Waals surface area contributed by atoms with Crippen LogP contribution in [0.5, 0.6) is 11.5 Å². The fourth-order valence-corrected chi connectivity index (χ4v) is 2.82. The quantitative estimate of drug-likeness (QED) is 0.681. The molecule has 3 aromatic rings. The summed E-state index contributed by atoms with van der Waals surface area (Å²) in [4.78, 5) is 16.1. The topological polar surface area (TPSA) is 78.3 Å². The van der Waals surface area contributed by atoms with Crippen molar-refractivity contribution in [3.8, 4) is 11.5 Å². The molecule has 152 valence electrons. The minimum Gasteiger partial charge on any atom is -0.493 e. The number of aromatic nitrogens is 3. The van der Waals surface area contributed by atoms with E-state index < -0.39 is 17.2 Å². The summed E-state index contributed by atoms with van der Waals surface area (Å²) >= 11 is 0. The lowest BCUT2D eigenvalue weighted by molar-refractivity contribution is 0.355. The van der Waals surface area contributed by atoms with Gasteiger partial charge in [0.1, 0.15) is 17.3 Å². The van der Waals surface area contributed by atoms with Crippen molar-refractivity contribution in [2.45, 2.75) is 20.4 Å². The van der Waals surface area contributed by atoms with Crippen LogP contribution in [0.1, 0.15) is 16.8 Å². The van der Waals surface area contributed by atoms with Gasteiger partial charge in [0.15, 0.2) is 11.5 Å². The minimum absolute atomic E-state index is 0.0114. The van der Waals surface area contributed by atoms with Gasteiger partial charge in [-0.25, -0.2) is 13.5 Å². The van der Waals surface area contributed by atoms with Crippen LogP contribution >= 0.6 is 0 Å². The largest absolute Gasteiger partial charge is 0.493 e. The smallest absolute Gasteiger partial charge is 0.296 e. The molecule has 0 amide bonds. The Morgan fingerprint density at radius 2 is 1.62 bits per heavy atom. The predicted molar refractivity (Wildman–Crippen MR) is 104 cm³/mol. The first kappa shape index (κ1) is 20.2. The Morgan fingerprint density at radius 3 is 2.24 bits per heavy atom. The first-order chi connectivity index (χ1) is 13.8. The maximum Gasteiger partial charge on any atom is 0.296 e. The molecule has 1 heterocycles. The van der Waals surface area contributed by atoms with Crippen LogP contribution in [0.25, 0.3) is 0 Å². The summed E-state index contributed by atoms with van der Waals surface area (Å²) < 4.78 is 39.1. The van der Waals surface area contributed by atoms with Crippen molar-refractivity contribution in [1.29, 1.82) is 0 Å². The molecule has 7 nitrogen and oxygen atoms in total. The van der Waals surface area contributed by atoms with Crippen molar-refractivity contribution >= 4 is 11.6 Å². The molecule has 2 aromatic carbocycles. The van der Waals surface area contributed by atoms with E-state index in [4.69, 9.17) is 9.47 Å². The zero-order valence-electron chi connectivity index (χ0n) is 16.4. The van der Waals surface area contributed by atoms with Crippen molar-refractivity contribution in [2.75, 3.05) is 19.5 Å². The number of hydrogen-bond donors (Lipinski definition) is 1. The summed E-state index contributed by atoms with van der Waals surface area (Å²) in [5.41, 5.74) is 1.41. The number of nitrogens with zero attached hydrogens (tertiary/aromatic N) is 3. The van der Waals surface area contributed by atoms with Gasteiger partial charge in [-0.3, -0.25) is 4.79 Å². The SMILES string of the molecule is COc1cc(C)c(Nc2nc(=O)c(C)nn2Cc2cc(F)cc(F)c2)cc1OC. The van der Waals surface area contributed by atoms with E-state index in [1.165, 1.54) is 38.0 Å². The molecule has 0 bridgehead atoms. The molecule has 0 aliphatic carbocycles. The Hall–Kier alpha value is -3.49. The normalized spacial score (nSPS) is 10.7. The molecule has 1 aromatic heterocycles. The second kappa shape index (κ2) is 8.26. The maximum atomic E-state index is 13.6. The number of halogens is 2. The third kappa shape index (κ3) is 4.50. The van der Waals surface area contributed by atoms with Gasteiger partial charge in [0.2, 0.25) is 5.95 Å². The average Bonchev–Trinajstić information content (AvgIpc) is 2.66. The Balaban J connectivity index is 2.03. The fourth-order valence-electron chi connectivity index (χ4n) is 2.82. The van der Waals surface area contributed by atoms with Crippen molar-refractivity contribution in [3.63, 3.8) is 0 Å². The number of methoxy groups -OCH3 is 2. The molecule has 1 N–H and O–H groups in total. The minimum atomic E-state index is -0.698. The average molecular weight is 402 g/mol. The van der Waals surface area contributed by atoms with Gasteiger partial charge in [0.05, 0.1) is 20.8 Å². The van der Waals surface area contributed by atoms with Gasteiger partial charge in [0, 0.05) is 17.8 Å². The van der Waals surface area contributed by atoms with E-state index in [2.05, 4.69) is 15.4 Å². The molecule has 0 fully saturated rings. The molecule has 0 saturated heterocycles. The summed E-state index contributed by atoms with van der Waals surface area (Å²) in [5.74, 6) is -0.229. The summed E-state index contributed by atoms with van der Waals surface area (Å²) in [6, 6.07) is 6.66. The van der Waals surface area contributed by atoms with Crippen LogP contribution in [0.2, 0.25) is 0 Å². The Labute approximate surface area is 165 Å². The van der Waals surface area contributed by atoms with Crippen LogP contribution in [0.3, 0.4) is 0 Å². The highest BCUT2D eigenvalue weighted by Gasteiger charge is 2.14. The van der Waals surface area contributed by atoms with Crippen molar-refractivity contribution in [3.05, 3.63) is 69.1 Å². The number of benzene rings is 2. The predicted octanol–water partition coefficient (Wildman–Crippen LogP) is 3.34. The highest BCUT2D eigenvalue weighted by Crippen LogP contribution is 2.33. The van der Waals surface area contributed by atoms with Gasteiger partial charge in [-0.1, -0.05) is 0 Å². The van der Waals surface area contributed by atoms with Crippen LogP contribution in [0.4, 0.5) is 20.4 Å². The van der Waals surface area contributed by atoms with E-state index >= 15 is 0 Å². The van der Waals surface area contributed by atoms with E-state index in [1.54, 1.807) is 12.1 Å². The van der Waals surface area contributed by atoms with E-state index in [0.717, 1.165) is 11.6 Å². The number of anilines is 2. The van der Waals surface area contributed by atoms with Crippen molar-refractivity contribution in [2.24, 2.45) is 0 Å². The van der Waals surface area contributed by atoms with E-state index in [1.807, 2.05) is 6.92 Å². The van der Waals surface area contributed by atoms with E-state index in [-0.39, 0.29) is 18.2 Å². The lowest BCUT2D eigenvalue weighted by Crippen LogP contribution is -2.23. The third-order valence-corrected chi connectivity index (χ3v) is 4.26. The van der Waals surface area contributed by atoms with Gasteiger partial charge in [-0.05, 0) is 43.2 Å². The molecular formula is C20H20F2N4O3. The number of aryl methyl sites for hydroxylation is 2. The van der Waals surface area contributed by atoms with Gasteiger partial charge in [-0.2, -0.15) is 10.1 Å². The van der Waals surface area contributed by atoms with Crippen molar-refractivity contribution < 1.29 is 18.3 Å². The molecule has 0 saturated carbocycles. The molecule has 29 heavy (non-hydrogen) atoms. The molecule has 0 aliphatic rings. The van der Waals surface area contributed by atoms with Gasteiger partial charge < -0.3 is 14.8 Å².